The smallest absolute Gasteiger partial charge is 0.307 e. The number of hydrogen-bond acceptors (Lipinski definition) is 2. The van der Waals surface area contributed by atoms with E-state index in [9.17, 15) is 4.79 Å². The number of rotatable bonds is 5. The molecule has 0 saturated heterocycles. The summed E-state index contributed by atoms with van der Waals surface area (Å²) in [5, 5.41) is 11.7. The molecule has 11 heavy (non-hydrogen) atoms. The molecule has 0 aromatic carbocycles. The van der Waals surface area contributed by atoms with Gasteiger partial charge in [0.05, 0.1) is 5.92 Å². The lowest BCUT2D eigenvalue weighted by molar-refractivity contribution is -0.142. The molecular formula is C8H17NO2. The van der Waals surface area contributed by atoms with Gasteiger partial charge in [-0.05, 0) is 13.5 Å². The third-order valence-corrected chi connectivity index (χ3v) is 1.96. The van der Waals surface area contributed by atoms with Gasteiger partial charge in [-0.25, -0.2) is 0 Å². The summed E-state index contributed by atoms with van der Waals surface area (Å²) in [5.41, 5.74) is 0. The van der Waals surface area contributed by atoms with Crippen LogP contribution in [-0.4, -0.2) is 24.2 Å². The second-order valence-electron chi connectivity index (χ2n) is 2.81. The van der Waals surface area contributed by atoms with Crippen LogP contribution in [-0.2, 0) is 4.79 Å². The van der Waals surface area contributed by atoms with Crippen molar-refractivity contribution in [2.45, 2.75) is 32.7 Å². The highest BCUT2D eigenvalue weighted by Gasteiger charge is 2.20. The maximum Gasteiger partial charge on any atom is 0.307 e. The van der Waals surface area contributed by atoms with Crippen molar-refractivity contribution in [3.05, 3.63) is 0 Å². The van der Waals surface area contributed by atoms with Gasteiger partial charge in [-0.2, -0.15) is 0 Å². The van der Waals surface area contributed by atoms with Crippen LogP contribution in [0.1, 0.15) is 26.7 Å². The van der Waals surface area contributed by atoms with E-state index >= 15 is 0 Å². The van der Waals surface area contributed by atoms with Crippen molar-refractivity contribution in [2.75, 3.05) is 7.05 Å². The monoisotopic (exact) mass is 159 g/mol. The second kappa shape index (κ2) is 5.13. The third kappa shape index (κ3) is 3.37. The summed E-state index contributed by atoms with van der Waals surface area (Å²) in [6.07, 6.45) is 1.94. The van der Waals surface area contributed by atoms with Gasteiger partial charge in [0.1, 0.15) is 0 Å². The van der Waals surface area contributed by atoms with Crippen molar-refractivity contribution in [3.63, 3.8) is 0 Å². The summed E-state index contributed by atoms with van der Waals surface area (Å²) in [5.74, 6) is -1.02. The third-order valence-electron chi connectivity index (χ3n) is 1.96. The fraction of sp³-hybridized carbons (Fsp3) is 0.875. The van der Waals surface area contributed by atoms with Crippen LogP contribution >= 0.6 is 0 Å². The van der Waals surface area contributed by atoms with Crippen molar-refractivity contribution < 1.29 is 9.90 Å². The topological polar surface area (TPSA) is 49.3 Å². The molecule has 0 aliphatic heterocycles. The Bertz CT molecular complexity index is 125. The van der Waals surface area contributed by atoms with Crippen LogP contribution in [0.25, 0.3) is 0 Å². The summed E-state index contributed by atoms with van der Waals surface area (Å²) in [7, 11) is 1.81. The standard InChI is InChI=1S/C8H17NO2/c1-4-5-7(9-3)6(2)8(10)11/h6-7,9H,4-5H2,1-3H3,(H,10,11). The van der Waals surface area contributed by atoms with Gasteiger partial charge in [-0.3, -0.25) is 4.79 Å². The zero-order chi connectivity index (χ0) is 8.85. The predicted molar refractivity (Wildman–Crippen MR) is 44.6 cm³/mol. The maximum absolute atomic E-state index is 10.5. The minimum Gasteiger partial charge on any atom is -0.481 e. The zero-order valence-electron chi connectivity index (χ0n) is 7.42. The van der Waals surface area contributed by atoms with Gasteiger partial charge < -0.3 is 10.4 Å². The Morgan fingerprint density at radius 1 is 1.64 bits per heavy atom. The first-order chi connectivity index (χ1) is 5.13. The molecular weight excluding hydrogens is 142 g/mol. The van der Waals surface area contributed by atoms with Crippen molar-refractivity contribution in [2.24, 2.45) is 5.92 Å². The Morgan fingerprint density at radius 2 is 2.18 bits per heavy atom. The summed E-state index contributed by atoms with van der Waals surface area (Å²) >= 11 is 0. The van der Waals surface area contributed by atoms with Crippen molar-refractivity contribution >= 4 is 5.97 Å². The van der Waals surface area contributed by atoms with Gasteiger partial charge in [0.2, 0.25) is 0 Å². The van der Waals surface area contributed by atoms with Crippen LogP contribution < -0.4 is 5.32 Å². The van der Waals surface area contributed by atoms with E-state index in [2.05, 4.69) is 12.2 Å². The molecule has 2 N–H and O–H groups in total. The quantitative estimate of drug-likeness (QED) is 0.631. The Labute approximate surface area is 67.8 Å². The van der Waals surface area contributed by atoms with E-state index in [4.69, 9.17) is 5.11 Å². The Balaban J connectivity index is 3.91. The Kier molecular flexibility index (Phi) is 4.86. The average Bonchev–Trinajstić information content (AvgIpc) is 1.98. The number of nitrogens with one attached hydrogen (secondary N) is 1. The number of carbonyl (C=O) groups is 1. The fourth-order valence-electron chi connectivity index (χ4n) is 1.13. The maximum atomic E-state index is 10.5. The average molecular weight is 159 g/mol. The molecule has 0 amide bonds. The van der Waals surface area contributed by atoms with Crippen molar-refractivity contribution in [3.8, 4) is 0 Å². The highest BCUT2D eigenvalue weighted by molar-refractivity contribution is 5.70. The lowest BCUT2D eigenvalue weighted by Crippen LogP contribution is -2.36. The molecule has 0 rings (SSSR count). The number of carboxylic acids is 1. The summed E-state index contributed by atoms with van der Waals surface area (Å²) in [6, 6.07) is 0.109. The predicted octanol–water partition coefficient (Wildman–Crippen LogP) is 1.10. The Morgan fingerprint density at radius 3 is 2.45 bits per heavy atom. The van der Waals surface area contributed by atoms with Crippen LogP contribution in [0.15, 0.2) is 0 Å². The first-order valence-electron chi connectivity index (χ1n) is 4.03. The van der Waals surface area contributed by atoms with Crippen LogP contribution in [0.4, 0.5) is 0 Å². The summed E-state index contributed by atoms with van der Waals surface area (Å²) in [4.78, 5) is 10.5. The van der Waals surface area contributed by atoms with Crippen molar-refractivity contribution in [1.82, 2.24) is 5.32 Å². The van der Waals surface area contributed by atoms with Gasteiger partial charge in [-0.15, -0.1) is 0 Å². The van der Waals surface area contributed by atoms with E-state index in [0.717, 1.165) is 12.8 Å². The molecule has 3 nitrogen and oxygen atoms in total. The fourth-order valence-corrected chi connectivity index (χ4v) is 1.13. The molecule has 0 radical (unpaired) electrons. The highest BCUT2D eigenvalue weighted by Crippen LogP contribution is 2.08. The van der Waals surface area contributed by atoms with Crippen LogP contribution in [0.2, 0.25) is 0 Å². The summed E-state index contributed by atoms with van der Waals surface area (Å²) in [6.45, 7) is 3.79. The number of aliphatic carboxylic acids is 1. The minimum atomic E-state index is -0.724. The largest absolute Gasteiger partial charge is 0.481 e. The Hall–Kier alpha value is -0.570. The van der Waals surface area contributed by atoms with Gasteiger partial charge in [0.25, 0.3) is 0 Å². The molecule has 0 aliphatic rings. The normalized spacial score (nSPS) is 15.9. The van der Waals surface area contributed by atoms with Gasteiger partial charge in [0.15, 0.2) is 0 Å². The first kappa shape index (κ1) is 10.4. The zero-order valence-corrected chi connectivity index (χ0v) is 7.42. The molecule has 0 bridgehead atoms. The number of hydrogen-bond donors (Lipinski definition) is 2. The molecule has 66 valence electrons. The highest BCUT2D eigenvalue weighted by atomic mass is 16.4. The van der Waals surface area contributed by atoms with Crippen LogP contribution in [0, 0.1) is 5.92 Å². The molecule has 0 saturated carbocycles. The summed E-state index contributed by atoms with van der Waals surface area (Å²) < 4.78 is 0. The molecule has 2 unspecified atom stereocenters. The number of carboxylic acid groups (broad SMARTS) is 1. The van der Waals surface area contributed by atoms with Gasteiger partial charge in [-0.1, -0.05) is 20.3 Å². The molecule has 3 heteroatoms. The minimum absolute atomic E-state index is 0.109. The van der Waals surface area contributed by atoms with E-state index in [0.29, 0.717) is 0 Å². The van der Waals surface area contributed by atoms with Crippen LogP contribution in [0.5, 0.6) is 0 Å². The second-order valence-corrected chi connectivity index (χ2v) is 2.81. The van der Waals surface area contributed by atoms with Crippen LogP contribution in [0.3, 0.4) is 0 Å². The van der Waals surface area contributed by atoms with Crippen molar-refractivity contribution in [1.29, 1.82) is 0 Å². The first-order valence-corrected chi connectivity index (χ1v) is 4.03. The molecule has 0 spiro atoms. The van der Waals surface area contributed by atoms with E-state index in [1.807, 2.05) is 0 Å². The van der Waals surface area contributed by atoms with Gasteiger partial charge in [0, 0.05) is 6.04 Å². The SMILES string of the molecule is CCCC(NC)C(C)C(=O)O. The van der Waals surface area contributed by atoms with E-state index in [1.165, 1.54) is 0 Å². The van der Waals surface area contributed by atoms with E-state index in [1.54, 1.807) is 14.0 Å². The molecule has 0 aliphatic carbocycles. The molecule has 0 heterocycles. The molecule has 0 aromatic rings. The van der Waals surface area contributed by atoms with Gasteiger partial charge >= 0.3 is 5.97 Å². The molecule has 0 aromatic heterocycles. The molecule has 0 fully saturated rings. The molecule has 2 atom stereocenters. The lowest BCUT2D eigenvalue weighted by Gasteiger charge is -2.18. The van der Waals surface area contributed by atoms with E-state index in [-0.39, 0.29) is 12.0 Å². The van der Waals surface area contributed by atoms with E-state index < -0.39 is 5.97 Å². The lowest BCUT2D eigenvalue weighted by atomic mass is 9.98.